The Morgan fingerprint density at radius 2 is 1.84 bits per heavy atom. The van der Waals surface area contributed by atoms with Crippen molar-refractivity contribution in [1.82, 2.24) is 15.1 Å². The van der Waals surface area contributed by atoms with E-state index in [2.05, 4.69) is 10.4 Å². The minimum Gasteiger partial charge on any atom is -0.497 e. The first-order valence-electron chi connectivity index (χ1n) is 9.77. The highest BCUT2D eigenvalue weighted by Crippen LogP contribution is 2.30. The number of rotatable bonds is 7. The number of nitrogens with zero attached hydrogens (tertiary/aromatic N) is 2. The van der Waals surface area contributed by atoms with Crippen LogP contribution >= 0.6 is 23.2 Å². The van der Waals surface area contributed by atoms with Crippen LogP contribution in [0.4, 0.5) is 0 Å². The van der Waals surface area contributed by atoms with Crippen LogP contribution in [-0.2, 0) is 11.2 Å². The smallest absolute Gasteiger partial charge is 0.225 e. The lowest BCUT2D eigenvalue weighted by Crippen LogP contribution is -2.28. The fraction of sp³-hybridized carbons (Fsp3) is 0.304. The van der Waals surface area contributed by atoms with E-state index in [0.717, 1.165) is 28.2 Å². The number of methoxy groups -OCH3 is 2. The molecule has 164 valence electrons. The van der Waals surface area contributed by atoms with E-state index in [0.29, 0.717) is 21.5 Å². The van der Waals surface area contributed by atoms with Crippen LogP contribution in [0, 0.1) is 13.8 Å². The summed E-state index contributed by atoms with van der Waals surface area (Å²) in [5.41, 5.74) is 4.20. The fourth-order valence-electron chi connectivity index (χ4n) is 3.51. The summed E-state index contributed by atoms with van der Waals surface area (Å²) in [6, 6.07) is 10.6. The first-order chi connectivity index (χ1) is 14.7. The van der Waals surface area contributed by atoms with Gasteiger partial charge in [0.05, 0.1) is 48.1 Å². The molecule has 0 bridgehead atoms. The van der Waals surface area contributed by atoms with Gasteiger partial charge in [0.2, 0.25) is 5.91 Å². The molecule has 6 nitrogen and oxygen atoms in total. The molecule has 1 N–H and O–H groups in total. The molecule has 0 radical (unpaired) electrons. The third kappa shape index (κ3) is 4.97. The van der Waals surface area contributed by atoms with Gasteiger partial charge in [0.1, 0.15) is 11.5 Å². The minimum atomic E-state index is -0.237. The number of amides is 1. The van der Waals surface area contributed by atoms with Gasteiger partial charge in [0.25, 0.3) is 0 Å². The van der Waals surface area contributed by atoms with Crippen molar-refractivity contribution in [1.29, 1.82) is 0 Å². The lowest BCUT2D eigenvalue weighted by atomic mass is 10.1. The van der Waals surface area contributed by atoms with Crippen molar-refractivity contribution in [2.24, 2.45) is 0 Å². The molecule has 3 aromatic rings. The highest BCUT2D eigenvalue weighted by Gasteiger charge is 2.19. The number of ether oxygens (including phenoxy) is 2. The van der Waals surface area contributed by atoms with Gasteiger partial charge in [-0.1, -0.05) is 23.2 Å². The summed E-state index contributed by atoms with van der Waals surface area (Å²) in [6.45, 7) is 5.74. The summed E-state index contributed by atoms with van der Waals surface area (Å²) in [6.07, 6.45) is 0.210. The van der Waals surface area contributed by atoms with E-state index in [1.54, 1.807) is 37.1 Å². The normalized spacial score (nSPS) is 11.8. The van der Waals surface area contributed by atoms with Crippen LogP contribution in [-0.4, -0.2) is 29.9 Å². The van der Waals surface area contributed by atoms with Gasteiger partial charge in [-0.25, -0.2) is 4.68 Å². The van der Waals surface area contributed by atoms with Crippen molar-refractivity contribution in [3.63, 3.8) is 0 Å². The summed E-state index contributed by atoms with van der Waals surface area (Å²) in [7, 11) is 3.19. The number of hydrogen-bond acceptors (Lipinski definition) is 4. The average Bonchev–Trinajstić information content (AvgIpc) is 3.03. The average molecular weight is 462 g/mol. The molecule has 0 saturated carbocycles. The summed E-state index contributed by atoms with van der Waals surface area (Å²) in [4.78, 5) is 12.8. The quantitative estimate of drug-likeness (QED) is 0.522. The monoisotopic (exact) mass is 461 g/mol. The molecule has 8 heteroatoms. The first-order valence-corrected chi connectivity index (χ1v) is 10.5. The predicted octanol–water partition coefficient (Wildman–Crippen LogP) is 5.23. The molecule has 1 aromatic heterocycles. The summed E-state index contributed by atoms with van der Waals surface area (Å²) in [5, 5.41) is 8.56. The van der Waals surface area contributed by atoms with Crippen LogP contribution in [0.3, 0.4) is 0 Å². The van der Waals surface area contributed by atoms with E-state index in [9.17, 15) is 4.79 Å². The highest BCUT2D eigenvalue weighted by molar-refractivity contribution is 6.42. The Morgan fingerprint density at radius 1 is 1.10 bits per heavy atom. The molecule has 1 atom stereocenters. The number of aryl methyl sites for hydroxylation is 1. The van der Waals surface area contributed by atoms with E-state index in [1.807, 2.05) is 39.0 Å². The van der Waals surface area contributed by atoms with E-state index < -0.39 is 0 Å². The van der Waals surface area contributed by atoms with Crippen LogP contribution in [0.5, 0.6) is 11.5 Å². The first kappa shape index (κ1) is 23.0. The Labute approximate surface area is 192 Å². The second kappa shape index (κ2) is 9.62. The zero-order valence-electron chi connectivity index (χ0n) is 18.1. The molecule has 2 aromatic carbocycles. The summed E-state index contributed by atoms with van der Waals surface area (Å²) in [5.74, 6) is 1.25. The van der Waals surface area contributed by atoms with Gasteiger partial charge in [-0.2, -0.15) is 5.10 Å². The highest BCUT2D eigenvalue weighted by atomic mass is 35.5. The Bertz CT molecular complexity index is 1110. The number of carbonyl (C=O) groups is 1. The number of nitrogens with one attached hydrogen (secondary N) is 1. The van der Waals surface area contributed by atoms with Gasteiger partial charge in [-0.3, -0.25) is 4.79 Å². The van der Waals surface area contributed by atoms with E-state index in [-0.39, 0.29) is 18.4 Å². The topological polar surface area (TPSA) is 65.4 Å². The maximum atomic E-state index is 12.8. The molecule has 1 unspecified atom stereocenters. The lowest BCUT2D eigenvalue weighted by Gasteiger charge is -2.18. The van der Waals surface area contributed by atoms with Crippen LogP contribution in [0.2, 0.25) is 10.0 Å². The molecule has 0 saturated heterocycles. The number of hydrogen-bond donors (Lipinski definition) is 1. The van der Waals surface area contributed by atoms with Gasteiger partial charge < -0.3 is 14.8 Å². The molecule has 0 aliphatic carbocycles. The summed E-state index contributed by atoms with van der Waals surface area (Å²) >= 11 is 12.2. The third-order valence-electron chi connectivity index (χ3n) is 5.21. The number of aromatic nitrogens is 2. The SMILES string of the molecule is COc1ccc(C(C)NC(=O)Cc2c(C)nn(-c3ccc(Cl)c(Cl)c3)c2C)c(OC)c1. The Morgan fingerprint density at radius 3 is 2.48 bits per heavy atom. The second-order valence-corrected chi connectivity index (χ2v) is 8.05. The van der Waals surface area contributed by atoms with Crippen molar-refractivity contribution < 1.29 is 14.3 Å². The number of carbonyl (C=O) groups excluding carboxylic acids is 1. The van der Waals surface area contributed by atoms with Crippen LogP contribution in [0.25, 0.3) is 5.69 Å². The van der Waals surface area contributed by atoms with Gasteiger partial charge in [-0.15, -0.1) is 0 Å². The molecule has 0 aliphatic heterocycles. The molecule has 31 heavy (non-hydrogen) atoms. The molecule has 1 amide bonds. The standard InChI is InChI=1S/C23H25Cl2N3O3/c1-13(18-8-7-17(30-4)11-22(18)31-5)26-23(29)12-19-14(2)27-28(15(19)3)16-6-9-20(24)21(25)10-16/h6-11,13H,12H2,1-5H3,(H,26,29). The molecule has 0 fully saturated rings. The maximum Gasteiger partial charge on any atom is 0.225 e. The van der Waals surface area contributed by atoms with Crippen LogP contribution in [0.1, 0.15) is 35.5 Å². The molecular formula is C23H25Cl2N3O3. The molecule has 3 rings (SSSR count). The maximum absolute atomic E-state index is 12.8. The Balaban J connectivity index is 1.78. The zero-order valence-corrected chi connectivity index (χ0v) is 19.6. The van der Waals surface area contributed by atoms with Gasteiger partial charge in [0, 0.05) is 22.9 Å². The van der Waals surface area contributed by atoms with Crippen molar-refractivity contribution in [2.75, 3.05) is 14.2 Å². The molecule has 1 heterocycles. The minimum absolute atomic E-state index is 0.106. The summed E-state index contributed by atoms with van der Waals surface area (Å²) < 4.78 is 12.5. The van der Waals surface area contributed by atoms with Crippen LogP contribution in [0.15, 0.2) is 36.4 Å². The predicted molar refractivity (Wildman–Crippen MR) is 123 cm³/mol. The Kier molecular flexibility index (Phi) is 7.13. The van der Waals surface area contributed by atoms with Crippen molar-refractivity contribution in [3.05, 3.63) is 69.0 Å². The van der Waals surface area contributed by atoms with Gasteiger partial charge in [0.15, 0.2) is 0 Å². The lowest BCUT2D eigenvalue weighted by molar-refractivity contribution is -0.121. The van der Waals surface area contributed by atoms with Crippen LogP contribution < -0.4 is 14.8 Å². The van der Waals surface area contributed by atoms with E-state index in [4.69, 9.17) is 32.7 Å². The van der Waals surface area contributed by atoms with E-state index in [1.165, 1.54) is 0 Å². The van der Waals surface area contributed by atoms with Crippen molar-refractivity contribution in [2.45, 2.75) is 33.2 Å². The molecular weight excluding hydrogens is 437 g/mol. The van der Waals surface area contributed by atoms with E-state index >= 15 is 0 Å². The third-order valence-corrected chi connectivity index (χ3v) is 5.95. The molecule has 0 spiro atoms. The Hall–Kier alpha value is -2.70. The van der Waals surface area contributed by atoms with Gasteiger partial charge >= 0.3 is 0 Å². The van der Waals surface area contributed by atoms with Gasteiger partial charge in [-0.05, 0) is 51.1 Å². The number of halogens is 2. The fourth-order valence-corrected chi connectivity index (χ4v) is 3.80. The molecule has 0 aliphatic rings. The van der Waals surface area contributed by atoms with Crippen molar-refractivity contribution >= 4 is 29.1 Å². The number of benzene rings is 2. The second-order valence-electron chi connectivity index (χ2n) is 7.23. The van der Waals surface area contributed by atoms with Crippen molar-refractivity contribution in [3.8, 4) is 17.2 Å². The zero-order chi connectivity index (χ0) is 22.7. The largest absolute Gasteiger partial charge is 0.497 e.